The highest BCUT2D eigenvalue weighted by molar-refractivity contribution is 7.92. The van der Waals surface area contributed by atoms with Crippen molar-refractivity contribution in [2.45, 2.75) is 49.0 Å². The number of para-hydroxylation sites is 1. The van der Waals surface area contributed by atoms with Crippen LogP contribution in [-0.2, 0) is 10.0 Å². The Hall–Kier alpha value is -2.45. The second-order valence-electron chi connectivity index (χ2n) is 8.33. The number of carbonyl (C=O) groups excluding carboxylic acids is 1. The lowest BCUT2D eigenvalue weighted by Crippen LogP contribution is -2.52. The van der Waals surface area contributed by atoms with Gasteiger partial charge >= 0.3 is 0 Å². The van der Waals surface area contributed by atoms with Crippen LogP contribution in [0, 0.1) is 5.82 Å². The topological polar surface area (TPSA) is 78.5 Å². The zero-order valence-electron chi connectivity index (χ0n) is 18.0. The highest BCUT2D eigenvalue weighted by Crippen LogP contribution is 2.30. The number of amides is 1. The second kappa shape index (κ2) is 9.78. The average molecular weight is 448 g/mol. The van der Waals surface area contributed by atoms with Crippen LogP contribution in [0.2, 0.25) is 0 Å². The van der Waals surface area contributed by atoms with Crippen LogP contribution in [0.1, 0.15) is 48.9 Å². The van der Waals surface area contributed by atoms with E-state index in [9.17, 15) is 17.6 Å². The van der Waals surface area contributed by atoms with Crippen molar-refractivity contribution in [3.8, 4) is 0 Å². The smallest absolute Gasteiger partial charge is 0.262 e. The molecular formula is C23H30FN3O3S. The molecule has 8 heteroatoms. The van der Waals surface area contributed by atoms with Gasteiger partial charge in [-0.15, -0.1) is 0 Å². The third kappa shape index (κ3) is 5.62. The average Bonchev–Trinajstić information content (AvgIpc) is 3.00. The predicted molar refractivity (Wildman–Crippen MR) is 120 cm³/mol. The Balaban J connectivity index is 1.74. The molecule has 0 spiro atoms. The highest BCUT2D eigenvalue weighted by Gasteiger charge is 2.33. The van der Waals surface area contributed by atoms with Crippen molar-refractivity contribution in [1.82, 2.24) is 10.2 Å². The Morgan fingerprint density at radius 2 is 1.71 bits per heavy atom. The first-order chi connectivity index (χ1) is 14.7. The molecule has 2 aromatic rings. The molecule has 2 N–H and O–H groups in total. The summed E-state index contributed by atoms with van der Waals surface area (Å²) in [5.74, 6) is -0.995. The van der Waals surface area contributed by atoms with Crippen LogP contribution in [0.3, 0.4) is 0 Å². The van der Waals surface area contributed by atoms with E-state index >= 15 is 0 Å². The zero-order valence-corrected chi connectivity index (χ0v) is 18.8. The zero-order chi connectivity index (χ0) is 22.5. The highest BCUT2D eigenvalue weighted by atomic mass is 32.2. The van der Waals surface area contributed by atoms with E-state index in [1.165, 1.54) is 49.2 Å². The Bertz CT molecular complexity index is 1020. The molecule has 0 atom stereocenters. The number of nitrogens with one attached hydrogen (secondary N) is 2. The standard InChI is InChI=1S/C23H30FN3O3S/c1-27(2)23(14-7-3-4-8-15-23)17-25-22(28)18-10-9-11-19(16-18)31(29,30)26-21-13-6-5-12-20(21)24/h5-6,9-13,16,26H,3-4,7-8,14-15,17H2,1-2H3,(H,25,28). The maximum atomic E-state index is 13.9. The summed E-state index contributed by atoms with van der Waals surface area (Å²) in [4.78, 5) is 14.9. The van der Waals surface area contributed by atoms with Gasteiger partial charge in [0.05, 0.1) is 10.6 Å². The van der Waals surface area contributed by atoms with Crippen LogP contribution in [-0.4, -0.2) is 45.4 Å². The first kappa shape index (κ1) is 23.2. The summed E-state index contributed by atoms with van der Waals surface area (Å²) in [5.41, 5.74) is 0.0139. The molecule has 0 aromatic heterocycles. The van der Waals surface area contributed by atoms with Gasteiger partial charge in [0.2, 0.25) is 0 Å². The van der Waals surface area contributed by atoms with Crippen molar-refractivity contribution in [2.24, 2.45) is 0 Å². The molecule has 0 unspecified atom stereocenters. The van der Waals surface area contributed by atoms with E-state index in [1.807, 2.05) is 14.1 Å². The summed E-state index contributed by atoms with van der Waals surface area (Å²) in [5, 5.41) is 3.00. The molecule has 1 amide bonds. The molecule has 168 valence electrons. The fourth-order valence-electron chi connectivity index (χ4n) is 4.07. The van der Waals surface area contributed by atoms with Gasteiger partial charge in [0.15, 0.2) is 0 Å². The largest absolute Gasteiger partial charge is 0.350 e. The molecular weight excluding hydrogens is 417 g/mol. The van der Waals surface area contributed by atoms with Crippen LogP contribution in [0.15, 0.2) is 53.4 Å². The number of anilines is 1. The van der Waals surface area contributed by atoms with Crippen molar-refractivity contribution in [3.63, 3.8) is 0 Å². The molecule has 1 fully saturated rings. The molecule has 0 bridgehead atoms. The third-order valence-corrected chi connectivity index (χ3v) is 7.45. The lowest BCUT2D eigenvalue weighted by atomic mass is 9.88. The molecule has 1 aliphatic rings. The number of sulfonamides is 1. The molecule has 0 aliphatic heterocycles. The molecule has 1 saturated carbocycles. The normalized spacial score (nSPS) is 16.5. The van der Waals surface area contributed by atoms with Crippen molar-refractivity contribution >= 4 is 21.6 Å². The molecule has 2 aromatic carbocycles. The minimum atomic E-state index is -4.04. The third-order valence-electron chi connectivity index (χ3n) is 6.09. The lowest BCUT2D eigenvalue weighted by molar-refractivity contribution is 0.0869. The maximum absolute atomic E-state index is 13.9. The van der Waals surface area contributed by atoms with Crippen LogP contribution in [0.4, 0.5) is 10.1 Å². The van der Waals surface area contributed by atoms with Gasteiger partial charge in [-0.3, -0.25) is 9.52 Å². The van der Waals surface area contributed by atoms with Gasteiger partial charge in [-0.05, 0) is 57.3 Å². The number of hydrogen-bond donors (Lipinski definition) is 2. The van der Waals surface area contributed by atoms with Gasteiger partial charge in [0.25, 0.3) is 15.9 Å². The quantitative estimate of drug-likeness (QED) is 0.629. The monoisotopic (exact) mass is 447 g/mol. The van der Waals surface area contributed by atoms with Gasteiger partial charge in [0.1, 0.15) is 5.82 Å². The summed E-state index contributed by atoms with van der Waals surface area (Å²) >= 11 is 0. The van der Waals surface area contributed by atoms with E-state index in [1.54, 1.807) is 12.1 Å². The summed E-state index contributed by atoms with van der Waals surface area (Å²) in [7, 11) is 0.0456. The molecule has 0 heterocycles. The van der Waals surface area contributed by atoms with E-state index in [4.69, 9.17) is 0 Å². The van der Waals surface area contributed by atoms with Gasteiger partial charge in [0, 0.05) is 17.6 Å². The number of rotatable bonds is 7. The second-order valence-corrected chi connectivity index (χ2v) is 10.0. The van der Waals surface area contributed by atoms with Crippen LogP contribution >= 0.6 is 0 Å². The van der Waals surface area contributed by atoms with Gasteiger partial charge in [-0.1, -0.05) is 43.9 Å². The lowest BCUT2D eigenvalue weighted by Gasteiger charge is -2.39. The Morgan fingerprint density at radius 1 is 1.03 bits per heavy atom. The van der Waals surface area contributed by atoms with E-state index in [2.05, 4.69) is 14.9 Å². The van der Waals surface area contributed by atoms with E-state index < -0.39 is 15.8 Å². The first-order valence-electron chi connectivity index (χ1n) is 10.6. The van der Waals surface area contributed by atoms with Crippen molar-refractivity contribution < 1.29 is 17.6 Å². The fourth-order valence-corrected chi connectivity index (χ4v) is 5.18. The molecule has 1 aliphatic carbocycles. The number of halogens is 1. The number of hydrogen-bond acceptors (Lipinski definition) is 4. The van der Waals surface area contributed by atoms with Gasteiger partial charge < -0.3 is 10.2 Å². The SMILES string of the molecule is CN(C)C1(CNC(=O)c2cccc(S(=O)(=O)Nc3ccccc3F)c2)CCCCCC1. The van der Waals surface area contributed by atoms with E-state index in [-0.39, 0.29) is 27.6 Å². The Kier molecular flexibility index (Phi) is 7.33. The van der Waals surface area contributed by atoms with Crippen LogP contribution in [0.25, 0.3) is 0 Å². The van der Waals surface area contributed by atoms with Gasteiger partial charge in [-0.2, -0.15) is 0 Å². The molecule has 6 nitrogen and oxygen atoms in total. The van der Waals surface area contributed by atoms with Crippen molar-refractivity contribution in [3.05, 3.63) is 59.9 Å². The number of benzene rings is 2. The van der Waals surface area contributed by atoms with Crippen molar-refractivity contribution in [2.75, 3.05) is 25.4 Å². The summed E-state index contributed by atoms with van der Waals surface area (Å²) in [6.07, 6.45) is 6.70. The van der Waals surface area contributed by atoms with Crippen LogP contribution < -0.4 is 10.0 Å². The Morgan fingerprint density at radius 3 is 2.35 bits per heavy atom. The number of carbonyl (C=O) groups is 1. The number of nitrogens with zero attached hydrogens (tertiary/aromatic N) is 1. The molecule has 31 heavy (non-hydrogen) atoms. The molecule has 3 rings (SSSR count). The summed E-state index contributed by atoms with van der Waals surface area (Å²) < 4.78 is 41.5. The van der Waals surface area contributed by atoms with Gasteiger partial charge in [-0.25, -0.2) is 12.8 Å². The predicted octanol–water partition coefficient (Wildman–Crippen LogP) is 4.01. The molecule has 0 saturated heterocycles. The number of likely N-dealkylation sites (N-methyl/N-ethyl adjacent to an activating group) is 1. The summed E-state index contributed by atoms with van der Waals surface area (Å²) in [6, 6.07) is 11.3. The summed E-state index contributed by atoms with van der Waals surface area (Å²) in [6.45, 7) is 0.503. The van der Waals surface area contributed by atoms with E-state index in [0.29, 0.717) is 6.54 Å². The first-order valence-corrected chi connectivity index (χ1v) is 12.0. The van der Waals surface area contributed by atoms with E-state index in [0.717, 1.165) is 25.7 Å². The molecule has 0 radical (unpaired) electrons. The fraction of sp³-hybridized carbons (Fsp3) is 0.435. The van der Waals surface area contributed by atoms with Crippen LogP contribution in [0.5, 0.6) is 0 Å². The Labute approximate surface area is 183 Å². The minimum Gasteiger partial charge on any atom is -0.350 e. The minimum absolute atomic E-state index is 0.0950. The van der Waals surface area contributed by atoms with Crippen molar-refractivity contribution in [1.29, 1.82) is 0 Å². The maximum Gasteiger partial charge on any atom is 0.262 e.